The standard InChI is InChI=1S/C6H9F3N2O2/c7-6(8,9)4-3-13-2-1-11(4)5(10)12/h4H,1-3H2,(H2,10,12). The molecular formula is C6H9F3N2O2. The van der Waals surface area contributed by atoms with E-state index in [9.17, 15) is 18.0 Å². The quantitative estimate of drug-likeness (QED) is 0.609. The number of carbonyl (C=O) groups excluding carboxylic acids is 1. The van der Waals surface area contributed by atoms with Gasteiger partial charge in [-0.25, -0.2) is 4.79 Å². The van der Waals surface area contributed by atoms with Gasteiger partial charge < -0.3 is 15.4 Å². The van der Waals surface area contributed by atoms with Crippen molar-refractivity contribution in [3.05, 3.63) is 0 Å². The van der Waals surface area contributed by atoms with Gasteiger partial charge in [-0.2, -0.15) is 13.2 Å². The van der Waals surface area contributed by atoms with Gasteiger partial charge in [-0.15, -0.1) is 0 Å². The normalized spacial score (nSPS) is 24.5. The number of amides is 2. The Bertz CT molecular complexity index is 207. The molecule has 0 aromatic rings. The summed E-state index contributed by atoms with van der Waals surface area (Å²) in [7, 11) is 0. The number of hydrogen-bond acceptors (Lipinski definition) is 2. The SMILES string of the molecule is NC(=O)N1CCOCC1C(F)(F)F. The van der Waals surface area contributed by atoms with Crippen molar-refractivity contribution < 1.29 is 22.7 Å². The van der Waals surface area contributed by atoms with E-state index in [0.29, 0.717) is 4.90 Å². The molecule has 1 fully saturated rings. The zero-order chi connectivity index (χ0) is 10.1. The summed E-state index contributed by atoms with van der Waals surface area (Å²) in [5.41, 5.74) is 4.79. The predicted octanol–water partition coefficient (Wildman–Crippen LogP) is 0.328. The van der Waals surface area contributed by atoms with E-state index in [1.54, 1.807) is 0 Å². The first kappa shape index (κ1) is 10.1. The molecule has 0 saturated carbocycles. The summed E-state index contributed by atoms with van der Waals surface area (Å²) in [6.07, 6.45) is -4.48. The molecule has 7 heteroatoms. The van der Waals surface area contributed by atoms with E-state index in [1.807, 2.05) is 0 Å². The lowest BCUT2D eigenvalue weighted by molar-refractivity contribution is -0.201. The van der Waals surface area contributed by atoms with Crippen LogP contribution in [0, 0.1) is 0 Å². The monoisotopic (exact) mass is 198 g/mol. The molecular weight excluding hydrogens is 189 g/mol. The van der Waals surface area contributed by atoms with Gasteiger partial charge in [-0.1, -0.05) is 0 Å². The lowest BCUT2D eigenvalue weighted by Gasteiger charge is -2.35. The molecule has 1 rings (SSSR count). The molecule has 1 aliphatic heterocycles. The number of morpholine rings is 1. The van der Waals surface area contributed by atoms with Crippen LogP contribution in [0.15, 0.2) is 0 Å². The van der Waals surface area contributed by atoms with E-state index in [1.165, 1.54) is 0 Å². The van der Waals surface area contributed by atoms with E-state index in [-0.39, 0.29) is 13.2 Å². The highest BCUT2D eigenvalue weighted by Crippen LogP contribution is 2.26. The maximum Gasteiger partial charge on any atom is 0.411 e. The Morgan fingerprint density at radius 2 is 2.15 bits per heavy atom. The van der Waals surface area contributed by atoms with Crippen LogP contribution in [0.5, 0.6) is 0 Å². The van der Waals surface area contributed by atoms with Crippen molar-refractivity contribution in [2.75, 3.05) is 19.8 Å². The highest BCUT2D eigenvalue weighted by molar-refractivity contribution is 5.72. The molecule has 13 heavy (non-hydrogen) atoms. The van der Waals surface area contributed by atoms with E-state index < -0.39 is 24.9 Å². The number of primary amides is 1. The number of rotatable bonds is 0. The van der Waals surface area contributed by atoms with Gasteiger partial charge in [-0.05, 0) is 0 Å². The molecule has 0 aromatic carbocycles. The first-order valence-electron chi connectivity index (χ1n) is 3.63. The summed E-state index contributed by atoms with van der Waals surface area (Å²) in [5.74, 6) is 0. The molecule has 1 saturated heterocycles. The van der Waals surface area contributed by atoms with Crippen LogP contribution in [-0.4, -0.2) is 42.9 Å². The summed E-state index contributed by atoms with van der Waals surface area (Å²) in [6, 6.07) is -2.97. The molecule has 2 N–H and O–H groups in total. The molecule has 1 heterocycles. The molecule has 0 aliphatic carbocycles. The molecule has 1 unspecified atom stereocenters. The van der Waals surface area contributed by atoms with Crippen LogP contribution in [0.4, 0.5) is 18.0 Å². The molecule has 0 aromatic heterocycles. The third-order valence-electron chi connectivity index (χ3n) is 1.79. The molecule has 76 valence electrons. The molecule has 1 aliphatic rings. The third kappa shape index (κ3) is 2.24. The lowest BCUT2D eigenvalue weighted by atomic mass is 10.2. The van der Waals surface area contributed by atoms with Crippen molar-refractivity contribution in [1.29, 1.82) is 0 Å². The van der Waals surface area contributed by atoms with Gasteiger partial charge in [0.05, 0.1) is 13.2 Å². The van der Waals surface area contributed by atoms with Crippen LogP contribution in [0.25, 0.3) is 0 Å². The second-order valence-corrected chi connectivity index (χ2v) is 2.66. The Hall–Kier alpha value is -0.980. The fourth-order valence-corrected chi connectivity index (χ4v) is 1.14. The second-order valence-electron chi connectivity index (χ2n) is 2.66. The minimum atomic E-state index is -4.48. The van der Waals surface area contributed by atoms with Crippen molar-refractivity contribution in [2.24, 2.45) is 5.73 Å². The van der Waals surface area contributed by atoms with Crippen LogP contribution < -0.4 is 5.73 Å². The number of carbonyl (C=O) groups is 1. The largest absolute Gasteiger partial charge is 0.411 e. The summed E-state index contributed by atoms with van der Waals surface area (Å²) in [4.78, 5) is 11.2. The number of alkyl halides is 3. The van der Waals surface area contributed by atoms with Crippen molar-refractivity contribution in [1.82, 2.24) is 4.90 Å². The first-order valence-corrected chi connectivity index (χ1v) is 3.63. The summed E-state index contributed by atoms with van der Waals surface area (Å²) >= 11 is 0. The summed E-state index contributed by atoms with van der Waals surface area (Å²) < 4.78 is 41.3. The highest BCUT2D eigenvalue weighted by Gasteiger charge is 2.46. The maximum absolute atomic E-state index is 12.2. The summed E-state index contributed by atoms with van der Waals surface area (Å²) in [5, 5.41) is 0. The third-order valence-corrected chi connectivity index (χ3v) is 1.79. The van der Waals surface area contributed by atoms with Crippen molar-refractivity contribution >= 4 is 6.03 Å². The van der Waals surface area contributed by atoms with Gasteiger partial charge in [0, 0.05) is 6.54 Å². The predicted molar refractivity (Wildman–Crippen MR) is 37.0 cm³/mol. The van der Waals surface area contributed by atoms with E-state index in [4.69, 9.17) is 5.73 Å². The molecule has 1 atom stereocenters. The zero-order valence-electron chi connectivity index (χ0n) is 6.67. The van der Waals surface area contributed by atoms with Crippen LogP contribution in [0.3, 0.4) is 0 Å². The van der Waals surface area contributed by atoms with Gasteiger partial charge in [0.2, 0.25) is 0 Å². The van der Waals surface area contributed by atoms with Crippen molar-refractivity contribution in [3.63, 3.8) is 0 Å². The van der Waals surface area contributed by atoms with Gasteiger partial charge in [0.1, 0.15) is 0 Å². The van der Waals surface area contributed by atoms with Gasteiger partial charge in [-0.3, -0.25) is 0 Å². The van der Waals surface area contributed by atoms with Crippen LogP contribution >= 0.6 is 0 Å². The lowest BCUT2D eigenvalue weighted by Crippen LogP contribution is -2.57. The fraction of sp³-hybridized carbons (Fsp3) is 0.833. The number of nitrogens with two attached hydrogens (primary N) is 1. The number of ether oxygens (including phenoxy) is 1. The van der Waals surface area contributed by atoms with Gasteiger partial charge >= 0.3 is 12.2 Å². The Labute approximate surface area is 72.4 Å². The van der Waals surface area contributed by atoms with E-state index >= 15 is 0 Å². The topological polar surface area (TPSA) is 55.6 Å². The highest BCUT2D eigenvalue weighted by atomic mass is 19.4. The zero-order valence-corrected chi connectivity index (χ0v) is 6.67. The average Bonchev–Trinajstić information content (AvgIpc) is 2.03. The van der Waals surface area contributed by atoms with Crippen molar-refractivity contribution in [3.8, 4) is 0 Å². The molecule has 2 amide bonds. The minimum absolute atomic E-state index is 0.0928. The number of nitrogens with zero attached hydrogens (tertiary/aromatic N) is 1. The van der Waals surface area contributed by atoms with Gasteiger partial charge in [0.15, 0.2) is 6.04 Å². The fourth-order valence-electron chi connectivity index (χ4n) is 1.14. The molecule has 0 spiro atoms. The number of hydrogen-bond donors (Lipinski definition) is 1. The van der Waals surface area contributed by atoms with Crippen LogP contribution in [0.1, 0.15) is 0 Å². The van der Waals surface area contributed by atoms with Crippen LogP contribution in [0.2, 0.25) is 0 Å². The molecule has 0 radical (unpaired) electrons. The number of urea groups is 1. The Morgan fingerprint density at radius 1 is 1.54 bits per heavy atom. The second kappa shape index (κ2) is 3.41. The Kier molecular flexibility index (Phi) is 2.65. The first-order chi connectivity index (χ1) is 5.93. The Balaban J connectivity index is 2.73. The molecule has 4 nitrogen and oxygen atoms in total. The van der Waals surface area contributed by atoms with Gasteiger partial charge in [0.25, 0.3) is 0 Å². The Morgan fingerprint density at radius 3 is 2.54 bits per heavy atom. The van der Waals surface area contributed by atoms with E-state index in [2.05, 4.69) is 4.74 Å². The summed E-state index contributed by atoms with van der Waals surface area (Å²) in [6.45, 7) is -0.554. The van der Waals surface area contributed by atoms with Crippen LogP contribution in [-0.2, 0) is 4.74 Å². The number of halogens is 3. The maximum atomic E-state index is 12.2. The minimum Gasteiger partial charge on any atom is -0.377 e. The smallest absolute Gasteiger partial charge is 0.377 e. The average molecular weight is 198 g/mol. The van der Waals surface area contributed by atoms with E-state index in [0.717, 1.165) is 0 Å². The molecule has 0 bridgehead atoms. The van der Waals surface area contributed by atoms with Crippen molar-refractivity contribution in [2.45, 2.75) is 12.2 Å².